The molecule has 1 saturated heterocycles. The zero-order valence-electron chi connectivity index (χ0n) is 17.1. The van der Waals surface area contributed by atoms with Crippen LogP contribution in [0.2, 0.25) is 0 Å². The Hall–Kier alpha value is -2.56. The standard InChI is InChI=1S/C24H30N2O3/c1-25(22-9-7-19(8-10-22)18-5-3-2-4-6-18)23(27)20-11-14-26(15-12-20)24(28)21-13-16-29-17-21/h2-6,13,16-17,19-20,22H,7-12,14-15H2,1H3. The molecule has 1 aromatic heterocycles. The van der Waals surface area contributed by atoms with Gasteiger partial charge in [-0.1, -0.05) is 30.3 Å². The topological polar surface area (TPSA) is 53.8 Å². The molecule has 0 bridgehead atoms. The number of hydrogen-bond acceptors (Lipinski definition) is 3. The first-order valence-electron chi connectivity index (χ1n) is 10.8. The second-order valence-electron chi connectivity index (χ2n) is 8.44. The second kappa shape index (κ2) is 8.85. The summed E-state index contributed by atoms with van der Waals surface area (Å²) in [6.45, 7) is 1.27. The van der Waals surface area contributed by atoms with Crippen LogP contribution in [0.5, 0.6) is 0 Å². The van der Waals surface area contributed by atoms with E-state index in [9.17, 15) is 9.59 Å². The number of rotatable bonds is 4. The molecule has 5 nitrogen and oxygen atoms in total. The third-order valence-electron chi connectivity index (χ3n) is 6.76. The van der Waals surface area contributed by atoms with Gasteiger partial charge in [-0.15, -0.1) is 0 Å². The van der Waals surface area contributed by atoms with Crippen molar-refractivity contribution in [1.82, 2.24) is 9.80 Å². The Morgan fingerprint density at radius 3 is 2.28 bits per heavy atom. The third-order valence-corrected chi connectivity index (χ3v) is 6.76. The molecule has 1 aliphatic heterocycles. The van der Waals surface area contributed by atoms with Crippen molar-refractivity contribution in [1.29, 1.82) is 0 Å². The molecule has 0 atom stereocenters. The second-order valence-corrected chi connectivity index (χ2v) is 8.44. The van der Waals surface area contributed by atoms with Crippen molar-refractivity contribution in [2.75, 3.05) is 20.1 Å². The fraction of sp³-hybridized carbons (Fsp3) is 0.500. The van der Waals surface area contributed by atoms with Crippen LogP contribution in [0, 0.1) is 5.92 Å². The average Bonchev–Trinajstić information content (AvgIpc) is 3.33. The number of nitrogens with zero attached hydrogens (tertiary/aromatic N) is 2. The Bertz CT molecular complexity index is 802. The minimum atomic E-state index is -0.00256. The molecule has 0 radical (unpaired) electrons. The van der Waals surface area contributed by atoms with Crippen molar-refractivity contribution in [2.24, 2.45) is 5.92 Å². The van der Waals surface area contributed by atoms with Gasteiger partial charge in [-0.05, 0) is 56.1 Å². The zero-order valence-corrected chi connectivity index (χ0v) is 17.1. The van der Waals surface area contributed by atoms with Crippen LogP contribution in [0.15, 0.2) is 53.3 Å². The molecular weight excluding hydrogens is 364 g/mol. The van der Waals surface area contributed by atoms with Crippen LogP contribution in [-0.2, 0) is 4.79 Å². The molecule has 2 fully saturated rings. The normalized spacial score (nSPS) is 23.0. The highest BCUT2D eigenvalue weighted by molar-refractivity contribution is 5.94. The first-order valence-corrected chi connectivity index (χ1v) is 10.8. The molecule has 2 aromatic rings. The van der Waals surface area contributed by atoms with Gasteiger partial charge in [0.1, 0.15) is 6.26 Å². The van der Waals surface area contributed by atoms with Crippen LogP contribution in [0.3, 0.4) is 0 Å². The maximum Gasteiger partial charge on any atom is 0.257 e. The van der Waals surface area contributed by atoms with Crippen molar-refractivity contribution >= 4 is 11.8 Å². The molecule has 0 spiro atoms. The summed E-state index contributed by atoms with van der Waals surface area (Å²) >= 11 is 0. The van der Waals surface area contributed by atoms with Crippen LogP contribution in [0.1, 0.15) is 60.4 Å². The number of furan rings is 1. The van der Waals surface area contributed by atoms with Crippen molar-refractivity contribution in [3.63, 3.8) is 0 Å². The third kappa shape index (κ3) is 4.39. The summed E-state index contributed by atoms with van der Waals surface area (Å²) in [5.74, 6) is 0.897. The predicted molar refractivity (Wildman–Crippen MR) is 112 cm³/mol. The first kappa shape index (κ1) is 19.7. The molecule has 1 saturated carbocycles. The van der Waals surface area contributed by atoms with E-state index in [0.717, 1.165) is 38.5 Å². The summed E-state index contributed by atoms with van der Waals surface area (Å²) in [6.07, 6.45) is 8.91. The Morgan fingerprint density at radius 2 is 1.66 bits per heavy atom. The lowest BCUT2D eigenvalue weighted by atomic mass is 9.81. The van der Waals surface area contributed by atoms with E-state index < -0.39 is 0 Å². The summed E-state index contributed by atoms with van der Waals surface area (Å²) in [7, 11) is 1.97. The zero-order chi connectivity index (χ0) is 20.2. The van der Waals surface area contributed by atoms with Crippen molar-refractivity contribution in [3.05, 3.63) is 60.1 Å². The number of carbonyl (C=O) groups excluding carboxylic acids is 2. The molecule has 2 amide bonds. The van der Waals surface area contributed by atoms with Crippen LogP contribution in [0.25, 0.3) is 0 Å². The lowest BCUT2D eigenvalue weighted by Crippen LogP contribution is -2.46. The molecule has 29 heavy (non-hydrogen) atoms. The largest absolute Gasteiger partial charge is 0.472 e. The molecule has 4 rings (SSSR count). The van der Waals surface area contributed by atoms with Gasteiger partial charge >= 0.3 is 0 Å². The van der Waals surface area contributed by atoms with E-state index in [4.69, 9.17) is 4.42 Å². The summed E-state index contributed by atoms with van der Waals surface area (Å²) < 4.78 is 5.01. The number of piperidine rings is 1. The van der Waals surface area contributed by atoms with Gasteiger partial charge in [-0.2, -0.15) is 0 Å². The lowest BCUT2D eigenvalue weighted by Gasteiger charge is -2.38. The van der Waals surface area contributed by atoms with Crippen LogP contribution in [0.4, 0.5) is 0 Å². The summed E-state index contributed by atoms with van der Waals surface area (Å²) in [5, 5.41) is 0. The number of hydrogen-bond donors (Lipinski definition) is 0. The average molecular weight is 395 g/mol. The Kier molecular flexibility index (Phi) is 6.02. The van der Waals surface area contributed by atoms with Crippen molar-refractivity contribution in [2.45, 2.75) is 50.5 Å². The highest BCUT2D eigenvalue weighted by Crippen LogP contribution is 2.35. The molecular formula is C24H30N2O3. The number of likely N-dealkylation sites (tertiary alicyclic amines) is 1. The molecule has 1 aromatic carbocycles. The minimum Gasteiger partial charge on any atom is -0.472 e. The van der Waals surface area contributed by atoms with Gasteiger partial charge in [-0.3, -0.25) is 9.59 Å². The quantitative estimate of drug-likeness (QED) is 0.776. The Balaban J connectivity index is 1.26. The van der Waals surface area contributed by atoms with Crippen molar-refractivity contribution in [3.8, 4) is 0 Å². The van der Waals surface area contributed by atoms with Gasteiger partial charge in [0.05, 0.1) is 11.8 Å². The van der Waals surface area contributed by atoms with Crippen LogP contribution in [-0.4, -0.2) is 47.8 Å². The molecule has 0 unspecified atom stereocenters. The molecule has 2 heterocycles. The van der Waals surface area contributed by atoms with Crippen LogP contribution < -0.4 is 0 Å². The Morgan fingerprint density at radius 1 is 0.966 bits per heavy atom. The Labute approximate surface area is 172 Å². The number of benzene rings is 1. The summed E-state index contributed by atoms with van der Waals surface area (Å²) in [6, 6.07) is 12.8. The molecule has 5 heteroatoms. The van der Waals surface area contributed by atoms with Gasteiger partial charge in [0, 0.05) is 32.1 Å². The van der Waals surface area contributed by atoms with Gasteiger partial charge in [0.2, 0.25) is 5.91 Å². The maximum atomic E-state index is 13.1. The van der Waals surface area contributed by atoms with Gasteiger partial charge in [0.25, 0.3) is 5.91 Å². The minimum absolute atomic E-state index is 0.00256. The highest BCUT2D eigenvalue weighted by atomic mass is 16.3. The van der Waals surface area contributed by atoms with E-state index in [2.05, 4.69) is 30.3 Å². The van der Waals surface area contributed by atoms with Gasteiger partial charge in [-0.25, -0.2) is 0 Å². The molecule has 154 valence electrons. The van der Waals surface area contributed by atoms with E-state index in [0.29, 0.717) is 30.6 Å². The van der Waals surface area contributed by atoms with E-state index in [1.165, 1.54) is 18.1 Å². The number of carbonyl (C=O) groups is 2. The SMILES string of the molecule is CN(C(=O)C1CCN(C(=O)c2ccoc2)CC1)C1CCC(c2ccccc2)CC1. The fourth-order valence-corrected chi connectivity index (χ4v) is 4.89. The predicted octanol–water partition coefficient (Wildman–Crippen LogP) is 4.32. The van der Waals surface area contributed by atoms with E-state index in [1.807, 2.05) is 16.8 Å². The van der Waals surface area contributed by atoms with E-state index in [-0.39, 0.29) is 17.7 Å². The van der Waals surface area contributed by atoms with Gasteiger partial charge < -0.3 is 14.2 Å². The highest BCUT2D eigenvalue weighted by Gasteiger charge is 2.33. The monoisotopic (exact) mass is 394 g/mol. The molecule has 2 aliphatic rings. The molecule has 0 N–H and O–H groups in total. The van der Waals surface area contributed by atoms with E-state index in [1.54, 1.807) is 6.07 Å². The fourth-order valence-electron chi connectivity index (χ4n) is 4.89. The smallest absolute Gasteiger partial charge is 0.257 e. The molecule has 1 aliphatic carbocycles. The van der Waals surface area contributed by atoms with Gasteiger partial charge in [0.15, 0.2) is 0 Å². The lowest BCUT2D eigenvalue weighted by molar-refractivity contribution is -0.138. The summed E-state index contributed by atoms with van der Waals surface area (Å²) in [5.41, 5.74) is 2.01. The van der Waals surface area contributed by atoms with Crippen LogP contribution >= 0.6 is 0 Å². The summed E-state index contributed by atoms with van der Waals surface area (Å²) in [4.78, 5) is 29.3. The maximum absolute atomic E-state index is 13.1. The first-order chi connectivity index (χ1) is 14.1. The van der Waals surface area contributed by atoms with E-state index >= 15 is 0 Å². The number of amides is 2. The van der Waals surface area contributed by atoms with Crippen molar-refractivity contribution < 1.29 is 14.0 Å².